The van der Waals surface area contributed by atoms with Gasteiger partial charge in [-0.05, 0) is 68.5 Å². The minimum Gasteiger partial charge on any atom is -0.441 e. The number of hydrogen-bond donors (Lipinski definition) is 1. The Kier molecular flexibility index (Phi) is 4.96. The molecule has 7 nitrogen and oxygen atoms in total. The van der Waals surface area contributed by atoms with E-state index in [0.29, 0.717) is 11.4 Å². The average molecular weight is 393 g/mol. The number of benzene rings is 1. The molecule has 0 saturated carbocycles. The zero-order valence-corrected chi connectivity index (χ0v) is 16.5. The van der Waals surface area contributed by atoms with E-state index in [2.05, 4.69) is 10.2 Å². The van der Waals surface area contributed by atoms with Crippen LogP contribution < -0.4 is 15.1 Å². The molecule has 0 spiro atoms. The zero-order chi connectivity index (χ0) is 20.5. The standard InChI is InChI=1S/C22H23N3O4/c1-14-10-15(2)12-16(11-14)25-21(27)18(20(26)23-22(25)28)13-17-6-7-19(29-17)24-8-4-3-5-9-24/h6-7,10-13H,3-5,8-9H2,1-2H3,(H,23,26,28)/b18-13+. The van der Waals surface area contributed by atoms with Crippen molar-refractivity contribution >= 4 is 35.5 Å². The van der Waals surface area contributed by atoms with Crippen LogP contribution in [0, 0.1) is 13.8 Å². The number of aryl methyl sites for hydroxylation is 2. The number of rotatable bonds is 3. The van der Waals surface area contributed by atoms with Crippen molar-refractivity contribution in [3.8, 4) is 0 Å². The van der Waals surface area contributed by atoms with Gasteiger partial charge in [-0.3, -0.25) is 14.9 Å². The molecule has 0 bridgehead atoms. The fourth-order valence-electron chi connectivity index (χ4n) is 3.82. The van der Waals surface area contributed by atoms with Gasteiger partial charge in [-0.25, -0.2) is 9.69 Å². The van der Waals surface area contributed by atoms with Gasteiger partial charge in [0.25, 0.3) is 11.8 Å². The molecule has 1 aromatic heterocycles. The highest BCUT2D eigenvalue weighted by molar-refractivity contribution is 6.39. The van der Waals surface area contributed by atoms with Gasteiger partial charge in [-0.1, -0.05) is 6.07 Å². The Morgan fingerprint density at radius 3 is 2.34 bits per heavy atom. The number of nitrogens with one attached hydrogen (secondary N) is 1. The highest BCUT2D eigenvalue weighted by atomic mass is 16.4. The quantitative estimate of drug-likeness (QED) is 0.637. The van der Waals surface area contributed by atoms with Crippen LogP contribution in [-0.4, -0.2) is 30.9 Å². The Morgan fingerprint density at radius 1 is 0.966 bits per heavy atom. The maximum atomic E-state index is 13.0. The van der Waals surface area contributed by atoms with Gasteiger partial charge in [0.2, 0.25) is 0 Å². The van der Waals surface area contributed by atoms with Gasteiger partial charge >= 0.3 is 6.03 Å². The lowest BCUT2D eigenvalue weighted by Gasteiger charge is -2.27. The van der Waals surface area contributed by atoms with E-state index in [1.165, 1.54) is 12.5 Å². The van der Waals surface area contributed by atoms with Crippen LogP contribution in [0.25, 0.3) is 6.08 Å². The van der Waals surface area contributed by atoms with Crippen LogP contribution >= 0.6 is 0 Å². The number of carbonyl (C=O) groups is 3. The summed E-state index contributed by atoms with van der Waals surface area (Å²) in [6, 6.07) is 8.24. The number of furan rings is 1. The largest absolute Gasteiger partial charge is 0.441 e. The first-order valence-electron chi connectivity index (χ1n) is 9.77. The fourth-order valence-corrected chi connectivity index (χ4v) is 3.82. The minimum atomic E-state index is -0.754. The van der Waals surface area contributed by atoms with Crippen LogP contribution in [0.4, 0.5) is 16.4 Å². The lowest BCUT2D eigenvalue weighted by molar-refractivity contribution is -0.122. The minimum absolute atomic E-state index is 0.136. The summed E-state index contributed by atoms with van der Waals surface area (Å²) in [6.07, 6.45) is 4.84. The molecule has 0 atom stereocenters. The molecular weight excluding hydrogens is 370 g/mol. The summed E-state index contributed by atoms with van der Waals surface area (Å²) in [5.41, 5.74) is 2.13. The number of barbiturate groups is 1. The van der Waals surface area contributed by atoms with Crippen LogP contribution in [0.2, 0.25) is 0 Å². The van der Waals surface area contributed by atoms with Crippen molar-refractivity contribution in [3.05, 3.63) is 52.8 Å². The van der Waals surface area contributed by atoms with Crippen LogP contribution in [-0.2, 0) is 9.59 Å². The summed E-state index contributed by atoms with van der Waals surface area (Å²) < 4.78 is 5.84. The molecule has 2 aliphatic rings. The third-order valence-electron chi connectivity index (χ3n) is 5.13. The monoisotopic (exact) mass is 393 g/mol. The smallest absolute Gasteiger partial charge is 0.335 e. The average Bonchev–Trinajstić information content (AvgIpc) is 3.14. The van der Waals surface area contributed by atoms with Gasteiger partial charge in [-0.2, -0.15) is 0 Å². The molecule has 4 rings (SSSR count). The first kappa shape index (κ1) is 19.0. The summed E-state index contributed by atoms with van der Waals surface area (Å²) in [7, 11) is 0. The van der Waals surface area contributed by atoms with Gasteiger partial charge in [0, 0.05) is 19.2 Å². The van der Waals surface area contributed by atoms with E-state index < -0.39 is 17.8 Å². The second-order valence-electron chi connectivity index (χ2n) is 7.53. The van der Waals surface area contributed by atoms with E-state index in [9.17, 15) is 14.4 Å². The molecule has 1 aromatic carbocycles. The molecule has 7 heteroatoms. The molecule has 2 aromatic rings. The lowest BCUT2D eigenvalue weighted by atomic mass is 10.1. The van der Waals surface area contributed by atoms with E-state index in [1.807, 2.05) is 26.0 Å². The van der Waals surface area contributed by atoms with Gasteiger partial charge in [0.1, 0.15) is 11.3 Å². The second-order valence-corrected chi connectivity index (χ2v) is 7.53. The zero-order valence-electron chi connectivity index (χ0n) is 16.5. The Morgan fingerprint density at radius 2 is 1.66 bits per heavy atom. The summed E-state index contributed by atoms with van der Waals surface area (Å²) in [4.78, 5) is 40.8. The van der Waals surface area contributed by atoms with Gasteiger partial charge < -0.3 is 9.32 Å². The third-order valence-corrected chi connectivity index (χ3v) is 5.13. The molecule has 3 heterocycles. The number of anilines is 2. The van der Waals surface area contributed by atoms with E-state index in [0.717, 1.165) is 47.8 Å². The van der Waals surface area contributed by atoms with E-state index in [4.69, 9.17) is 4.42 Å². The van der Waals surface area contributed by atoms with Gasteiger partial charge in [0.05, 0.1) is 5.69 Å². The van der Waals surface area contributed by atoms with E-state index in [1.54, 1.807) is 18.2 Å². The van der Waals surface area contributed by atoms with Crippen molar-refractivity contribution in [1.29, 1.82) is 0 Å². The third kappa shape index (κ3) is 3.81. The number of piperidine rings is 1. The van der Waals surface area contributed by atoms with Crippen molar-refractivity contribution in [1.82, 2.24) is 5.32 Å². The molecule has 0 unspecified atom stereocenters. The maximum absolute atomic E-state index is 13.0. The summed E-state index contributed by atoms with van der Waals surface area (Å²) in [5.74, 6) is -0.266. The number of amides is 4. The van der Waals surface area contributed by atoms with Crippen LogP contribution in [0.1, 0.15) is 36.1 Å². The van der Waals surface area contributed by atoms with Crippen molar-refractivity contribution in [2.45, 2.75) is 33.1 Å². The van der Waals surface area contributed by atoms with Crippen molar-refractivity contribution in [2.24, 2.45) is 0 Å². The van der Waals surface area contributed by atoms with Crippen molar-refractivity contribution in [3.63, 3.8) is 0 Å². The Labute approximate surface area is 169 Å². The van der Waals surface area contributed by atoms with Crippen LogP contribution in [0.15, 0.2) is 40.3 Å². The molecule has 150 valence electrons. The molecule has 2 fully saturated rings. The summed E-state index contributed by atoms with van der Waals surface area (Å²) >= 11 is 0. The fraction of sp³-hybridized carbons (Fsp3) is 0.318. The normalized spacial score (nSPS) is 19.1. The lowest BCUT2D eigenvalue weighted by Crippen LogP contribution is -2.54. The molecule has 0 aliphatic carbocycles. The number of carbonyl (C=O) groups excluding carboxylic acids is 3. The predicted octanol–water partition coefficient (Wildman–Crippen LogP) is 3.55. The molecule has 1 N–H and O–H groups in total. The SMILES string of the molecule is Cc1cc(C)cc(N2C(=O)NC(=O)/C(=C\c3ccc(N4CCCCC4)o3)C2=O)c1. The summed E-state index contributed by atoms with van der Waals surface area (Å²) in [5, 5.41) is 2.24. The number of urea groups is 1. The number of nitrogens with zero attached hydrogens (tertiary/aromatic N) is 2. The Balaban J connectivity index is 1.64. The molecule has 4 amide bonds. The first-order valence-corrected chi connectivity index (χ1v) is 9.77. The molecule has 2 saturated heterocycles. The van der Waals surface area contributed by atoms with Crippen LogP contribution in [0.3, 0.4) is 0 Å². The van der Waals surface area contributed by atoms with E-state index in [-0.39, 0.29) is 5.57 Å². The van der Waals surface area contributed by atoms with Gasteiger partial charge in [0.15, 0.2) is 5.88 Å². The Bertz CT molecular complexity index is 995. The first-order chi connectivity index (χ1) is 13.9. The molecule has 2 aliphatic heterocycles. The highest BCUT2D eigenvalue weighted by Crippen LogP contribution is 2.27. The molecule has 29 heavy (non-hydrogen) atoms. The molecule has 0 radical (unpaired) electrons. The number of imide groups is 2. The topological polar surface area (TPSA) is 82.9 Å². The maximum Gasteiger partial charge on any atom is 0.335 e. The Hall–Kier alpha value is -3.35. The van der Waals surface area contributed by atoms with Crippen molar-refractivity contribution < 1.29 is 18.8 Å². The second kappa shape index (κ2) is 7.58. The van der Waals surface area contributed by atoms with E-state index >= 15 is 0 Å². The summed E-state index contributed by atoms with van der Waals surface area (Å²) in [6.45, 7) is 5.63. The predicted molar refractivity (Wildman–Crippen MR) is 110 cm³/mol. The highest BCUT2D eigenvalue weighted by Gasteiger charge is 2.37. The number of hydrogen-bond acceptors (Lipinski definition) is 5. The van der Waals surface area contributed by atoms with Crippen LogP contribution in [0.5, 0.6) is 0 Å². The van der Waals surface area contributed by atoms with Gasteiger partial charge in [-0.15, -0.1) is 0 Å². The molecular formula is C22H23N3O4. The van der Waals surface area contributed by atoms with Crippen molar-refractivity contribution in [2.75, 3.05) is 22.9 Å².